The van der Waals surface area contributed by atoms with Gasteiger partial charge >= 0.3 is 0 Å². The molecule has 0 aliphatic heterocycles. The Hall–Kier alpha value is -2.92. The number of aromatic nitrogens is 3. The van der Waals surface area contributed by atoms with Gasteiger partial charge in [0.2, 0.25) is 11.1 Å². The molecule has 1 aromatic heterocycles. The molecule has 28 heavy (non-hydrogen) atoms. The minimum absolute atomic E-state index is 0.0483. The molecule has 2 aromatic carbocycles. The van der Waals surface area contributed by atoms with E-state index in [9.17, 15) is 14.9 Å². The van der Waals surface area contributed by atoms with Crippen LogP contribution in [0.4, 0.5) is 11.4 Å². The van der Waals surface area contributed by atoms with Crippen molar-refractivity contribution < 1.29 is 9.72 Å². The lowest BCUT2D eigenvalue weighted by Gasteiger charge is -2.07. The first-order valence-electron chi connectivity index (χ1n) is 7.99. The molecule has 0 saturated heterocycles. The van der Waals surface area contributed by atoms with Gasteiger partial charge in [-0.15, -0.1) is 10.2 Å². The average Bonchev–Trinajstić information content (AvgIpc) is 3.03. The number of carbonyl (C=O) groups excluding carboxylic acids is 1. The number of aryl methyl sites for hydroxylation is 1. The Morgan fingerprint density at radius 3 is 2.64 bits per heavy atom. The van der Waals surface area contributed by atoms with Gasteiger partial charge in [0.05, 0.1) is 16.4 Å². The zero-order chi connectivity index (χ0) is 20.3. The lowest BCUT2D eigenvalue weighted by molar-refractivity contribution is -0.384. The van der Waals surface area contributed by atoms with Crippen molar-refractivity contribution in [3.63, 3.8) is 0 Å². The first-order chi connectivity index (χ1) is 13.3. The summed E-state index contributed by atoms with van der Waals surface area (Å²) in [7, 11) is 0. The molecular weight excluding hydrogens is 448 g/mol. The van der Waals surface area contributed by atoms with Crippen LogP contribution in [0.15, 0.2) is 52.1 Å². The zero-order valence-electron chi connectivity index (χ0n) is 14.6. The molecule has 0 bridgehead atoms. The van der Waals surface area contributed by atoms with Gasteiger partial charge in [-0.1, -0.05) is 41.6 Å². The number of anilines is 1. The third-order valence-electron chi connectivity index (χ3n) is 3.74. The monoisotopic (exact) mass is 462 g/mol. The molecule has 9 nitrogen and oxygen atoms in total. The van der Waals surface area contributed by atoms with Gasteiger partial charge in [0.15, 0.2) is 5.82 Å². The van der Waals surface area contributed by atoms with Crippen LogP contribution < -0.4 is 11.2 Å². The molecular formula is C17H15BrN6O3S. The van der Waals surface area contributed by atoms with Crippen molar-refractivity contribution in [3.8, 4) is 11.4 Å². The van der Waals surface area contributed by atoms with Crippen molar-refractivity contribution in [1.29, 1.82) is 0 Å². The standard InChI is InChI=1S/C17H15BrN6O3S/c1-10-2-4-11(5-3-10)16-21-22-17(23(16)19)28-9-15(25)20-14-7-6-12(24(26)27)8-13(14)18/h2-8H,9,19H2,1H3,(H,20,25). The van der Waals surface area contributed by atoms with E-state index in [1.54, 1.807) is 0 Å². The number of benzene rings is 2. The molecule has 3 rings (SSSR count). The second-order valence-electron chi connectivity index (χ2n) is 5.80. The number of hydrogen-bond donors (Lipinski definition) is 2. The molecule has 0 unspecified atom stereocenters. The van der Waals surface area contributed by atoms with E-state index in [0.29, 0.717) is 21.1 Å². The number of amides is 1. The molecule has 0 saturated carbocycles. The van der Waals surface area contributed by atoms with Crippen LogP contribution in [0.1, 0.15) is 5.56 Å². The van der Waals surface area contributed by atoms with Gasteiger partial charge in [-0.2, -0.15) is 0 Å². The largest absolute Gasteiger partial charge is 0.335 e. The number of non-ortho nitro benzene ring substituents is 1. The second-order valence-corrected chi connectivity index (χ2v) is 7.60. The van der Waals surface area contributed by atoms with Gasteiger partial charge in [-0.05, 0) is 28.9 Å². The van der Waals surface area contributed by atoms with E-state index in [0.717, 1.165) is 22.9 Å². The van der Waals surface area contributed by atoms with Crippen molar-refractivity contribution in [2.24, 2.45) is 0 Å². The molecule has 0 fully saturated rings. The van der Waals surface area contributed by atoms with Gasteiger partial charge in [-0.25, -0.2) is 4.68 Å². The summed E-state index contributed by atoms with van der Waals surface area (Å²) in [6.45, 7) is 1.99. The number of nitro groups is 1. The van der Waals surface area contributed by atoms with Gasteiger partial charge in [0.25, 0.3) is 5.69 Å². The smallest absolute Gasteiger partial charge is 0.270 e. The van der Waals surface area contributed by atoms with Crippen LogP contribution in [0.2, 0.25) is 0 Å². The molecule has 1 amide bonds. The van der Waals surface area contributed by atoms with Crippen LogP contribution >= 0.6 is 27.7 Å². The fourth-order valence-electron chi connectivity index (χ4n) is 2.31. The second kappa shape index (κ2) is 8.40. The van der Waals surface area contributed by atoms with E-state index in [2.05, 4.69) is 31.4 Å². The highest BCUT2D eigenvalue weighted by molar-refractivity contribution is 9.10. The van der Waals surface area contributed by atoms with Crippen molar-refractivity contribution in [1.82, 2.24) is 14.9 Å². The van der Waals surface area contributed by atoms with E-state index in [1.165, 1.54) is 22.9 Å². The Bertz CT molecular complexity index is 1040. The summed E-state index contributed by atoms with van der Waals surface area (Å²) >= 11 is 4.35. The number of halogens is 1. The van der Waals surface area contributed by atoms with Crippen molar-refractivity contribution >= 4 is 45.0 Å². The van der Waals surface area contributed by atoms with Crippen LogP contribution in [-0.2, 0) is 4.79 Å². The van der Waals surface area contributed by atoms with Gasteiger partial charge in [0.1, 0.15) is 0 Å². The van der Waals surface area contributed by atoms with Crippen LogP contribution in [-0.4, -0.2) is 31.5 Å². The van der Waals surface area contributed by atoms with E-state index in [4.69, 9.17) is 5.84 Å². The summed E-state index contributed by atoms with van der Waals surface area (Å²) < 4.78 is 1.76. The maximum atomic E-state index is 12.2. The predicted octanol–water partition coefficient (Wildman–Crippen LogP) is 3.37. The van der Waals surface area contributed by atoms with Crippen LogP contribution in [0.25, 0.3) is 11.4 Å². The molecule has 0 spiro atoms. The van der Waals surface area contributed by atoms with Crippen molar-refractivity contribution in [3.05, 3.63) is 62.6 Å². The van der Waals surface area contributed by atoms with E-state index < -0.39 is 4.92 Å². The number of carbonyl (C=O) groups is 1. The number of nitrogens with two attached hydrogens (primary N) is 1. The lowest BCUT2D eigenvalue weighted by Crippen LogP contribution is -2.16. The zero-order valence-corrected chi connectivity index (χ0v) is 17.0. The Kier molecular flexibility index (Phi) is 5.95. The third-order valence-corrected chi connectivity index (χ3v) is 5.34. The normalized spacial score (nSPS) is 10.6. The minimum atomic E-state index is -0.508. The number of nitrogens with one attached hydrogen (secondary N) is 1. The Morgan fingerprint density at radius 1 is 1.29 bits per heavy atom. The summed E-state index contributed by atoms with van der Waals surface area (Å²) in [5, 5.41) is 22.0. The highest BCUT2D eigenvalue weighted by Gasteiger charge is 2.15. The first-order valence-corrected chi connectivity index (χ1v) is 9.77. The predicted molar refractivity (Wildman–Crippen MR) is 110 cm³/mol. The number of thioether (sulfide) groups is 1. The third kappa shape index (κ3) is 4.49. The van der Waals surface area contributed by atoms with E-state index >= 15 is 0 Å². The average molecular weight is 463 g/mol. The summed E-state index contributed by atoms with van der Waals surface area (Å²) in [4.78, 5) is 22.5. The highest BCUT2D eigenvalue weighted by atomic mass is 79.9. The molecule has 144 valence electrons. The quantitative estimate of drug-likeness (QED) is 0.248. The molecule has 0 aliphatic rings. The number of nitrogens with zero attached hydrogens (tertiary/aromatic N) is 4. The van der Waals surface area contributed by atoms with Crippen LogP contribution in [0, 0.1) is 17.0 Å². The fraction of sp³-hybridized carbons (Fsp3) is 0.118. The van der Waals surface area contributed by atoms with E-state index in [1.807, 2.05) is 31.2 Å². The molecule has 3 N–H and O–H groups in total. The number of nitrogen functional groups attached to an aromatic ring is 1. The first kappa shape index (κ1) is 19.8. The summed E-state index contributed by atoms with van der Waals surface area (Å²) in [6.07, 6.45) is 0. The number of rotatable bonds is 6. The van der Waals surface area contributed by atoms with Crippen molar-refractivity contribution in [2.45, 2.75) is 12.1 Å². The number of hydrogen-bond acceptors (Lipinski definition) is 7. The summed E-state index contributed by atoms with van der Waals surface area (Å²) in [5.74, 6) is 6.29. The topological polar surface area (TPSA) is 129 Å². The van der Waals surface area contributed by atoms with Crippen molar-refractivity contribution in [2.75, 3.05) is 16.9 Å². The maximum Gasteiger partial charge on any atom is 0.270 e. The Labute approximate surface area is 172 Å². The maximum absolute atomic E-state index is 12.2. The Balaban J connectivity index is 1.64. The molecule has 0 aliphatic carbocycles. The SMILES string of the molecule is Cc1ccc(-c2nnc(SCC(=O)Nc3ccc([N+](=O)[O-])cc3Br)n2N)cc1. The molecule has 0 radical (unpaired) electrons. The van der Waals surface area contributed by atoms with Gasteiger partial charge < -0.3 is 11.2 Å². The molecule has 11 heteroatoms. The van der Waals surface area contributed by atoms with Crippen LogP contribution in [0.3, 0.4) is 0 Å². The number of nitro benzene ring substituents is 1. The Morgan fingerprint density at radius 2 is 2.00 bits per heavy atom. The summed E-state index contributed by atoms with van der Waals surface area (Å²) in [6, 6.07) is 11.8. The molecule has 0 atom stereocenters. The van der Waals surface area contributed by atoms with Gasteiger partial charge in [0, 0.05) is 22.2 Å². The van der Waals surface area contributed by atoms with Gasteiger partial charge in [-0.3, -0.25) is 14.9 Å². The molecule has 1 heterocycles. The highest BCUT2D eigenvalue weighted by Crippen LogP contribution is 2.28. The fourth-order valence-corrected chi connectivity index (χ4v) is 3.43. The van der Waals surface area contributed by atoms with E-state index in [-0.39, 0.29) is 17.3 Å². The summed E-state index contributed by atoms with van der Waals surface area (Å²) in [5.41, 5.74) is 2.31. The minimum Gasteiger partial charge on any atom is -0.335 e. The van der Waals surface area contributed by atoms with Crippen LogP contribution in [0.5, 0.6) is 0 Å². The lowest BCUT2D eigenvalue weighted by atomic mass is 10.1. The molecule has 3 aromatic rings.